The molecule has 0 aliphatic carbocycles. The standard InChI is InChI=1S/C17H10F3NO2/c18-17(19,20)14-3-1-2-12(8-14)13(9-21)6-11-4-5-15-16(7-11)23-10-22-15/h1-8H,10H2/b13-6+. The van der Waals surface area contributed by atoms with Gasteiger partial charge in [0.1, 0.15) is 0 Å². The van der Waals surface area contributed by atoms with E-state index in [0.717, 1.165) is 12.1 Å². The molecular weight excluding hydrogens is 307 g/mol. The Morgan fingerprint density at radius 1 is 1.09 bits per heavy atom. The summed E-state index contributed by atoms with van der Waals surface area (Å²) in [6.45, 7) is 0.126. The first kappa shape index (κ1) is 15.0. The fraction of sp³-hybridized carbons (Fsp3) is 0.118. The lowest BCUT2D eigenvalue weighted by Crippen LogP contribution is -2.04. The van der Waals surface area contributed by atoms with Crippen LogP contribution in [-0.4, -0.2) is 6.79 Å². The third-order valence-corrected chi connectivity index (χ3v) is 3.33. The summed E-state index contributed by atoms with van der Waals surface area (Å²) in [5.41, 5.74) is 0.194. The lowest BCUT2D eigenvalue weighted by Gasteiger charge is -2.08. The Balaban J connectivity index is 1.98. The van der Waals surface area contributed by atoms with Gasteiger partial charge in [-0.1, -0.05) is 18.2 Å². The highest BCUT2D eigenvalue weighted by molar-refractivity contribution is 5.90. The molecule has 0 atom stereocenters. The summed E-state index contributed by atoms with van der Waals surface area (Å²) < 4.78 is 48.8. The minimum Gasteiger partial charge on any atom is -0.454 e. The first-order chi connectivity index (χ1) is 11.0. The monoisotopic (exact) mass is 317 g/mol. The second-order valence-electron chi connectivity index (χ2n) is 4.86. The molecule has 2 aromatic carbocycles. The summed E-state index contributed by atoms with van der Waals surface area (Å²) in [4.78, 5) is 0. The zero-order chi connectivity index (χ0) is 16.4. The predicted molar refractivity (Wildman–Crippen MR) is 77.5 cm³/mol. The normalized spacial score (nSPS) is 13.7. The van der Waals surface area contributed by atoms with Gasteiger partial charge in [-0.05, 0) is 41.5 Å². The van der Waals surface area contributed by atoms with Gasteiger partial charge < -0.3 is 9.47 Å². The molecular formula is C17H10F3NO2. The molecule has 2 aromatic rings. The predicted octanol–water partition coefficient (Wildman–Crippen LogP) is 4.50. The van der Waals surface area contributed by atoms with Crippen LogP contribution < -0.4 is 9.47 Å². The molecule has 0 saturated heterocycles. The SMILES string of the molecule is N#C/C(=C\c1ccc2c(c1)OCO2)c1cccc(C(F)(F)F)c1. The van der Waals surface area contributed by atoms with Gasteiger partial charge >= 0.3 is 6.18 Å². The molecule has 1 aliphatic heterocycles. The van der Waals surface area contributed by atoms with Gasteiger partial charge in [-0.15, -0.1) is 0 Å². The number of benzene rings is 2. The minimum atomic E-state index is -4.45. The number of allylic oxidation sites excluding steroid dienone is 1. The Morgan fingerprint density at radius 2 is 1.87 bits per heavy atom. The Bertz CT molecular complexity index is 819. The molecule has 116 valence electrons. The summed E-state index contributed by atoms with van der Waals surface area (Å²) in [7, 11) is 0. The van der Waals surface area contributed by atoms with E-state index in [9.17, 15) is 18.4 Å². The van der Waals surface area contributed by atoms with Crippen molar-refractivity contribution in [2.45, 2.75) is 6.18 Å². The summed E-state index contributed by atoms with van der Waals surface area (Å²) >= 11 is 0. The van der Waals surface area contributed by atoms with Crippen molar-refractivity contribution in [1.29, 1.82) is 5.26 Å². The number of fused-ring (bicyclic) bond motifs is 1. The molecule has 3 rings (SSSR count). The molecule has 23 heavy (non-hydrogen) atoms. The van der Waals surface area contributed by atoms with Crippen molar-refractivity contribution in [1.82, 2.24) is 0 Å². The summed E-state index contributed by atoms with van der Waals surface area (Å²) in [6.07, 6.45) is -2.94. The third-order valence-electron chi connectivity index (χ3n) is 3.33. The van der Waals surface area contributed by atoms with Crippen LogP contribution in [0, 0.1) is 11.3 Å². The summed E-state index contributed by atoms with van der Waals surface area (Å²) in [5, 5.41) is 9.27. The van der Waals surface area contributed by atoms with E-state index in [1.165, 1.54) is 18.2 Å². The fourth-order valence-corrected chi connectivity index (χ4v) is 2.21. The van der Waals surface area contributed by atoms with Crippen LogP contribution >= 0.6 is 0 Å². The largest absolute Gasteiger partial charge is 0.454 e. The van der Waals surface area contributed by atoms with E-state index in [-0.39, 0.29) is 17.9 Å². The van der Waals surface area contributed by atoms with Crippen LogP contribution in [0.4, 0.5) is 13.2 Å². The average Bonchev–Trinajstić information content (AvgIpc) is 2.99. The Hall–Kier alpha value is -2.94. The van der Waals surface area contributed by atoms with Crippen molar-refractivity contribution in [2.75, 3.05) is 6.79 Å². The molecule has 1 aliphatic rings. The van der Waals surface area contributed by atoms with Crippen LogP contribution in [0.3, 0.4) is 0 Å². The highest BCUT2D eigenvalue weighted by Gasteiger charge is 2.30. The van der Waals surface area contributed by atoms with Crippen LogP contribution in [0.15, 0.2) is 42.5 Å². The number of rotatable bonds is 2. The molecule has 6 heteroatoms. The summed E-state index contributed by atoms with van der Waals surface area (Å²) in [6, 6.07) is 11.7. The highest BCUT2D eigenvalue weighted by atomic mass is 19.4. The van der Waals surface area contributed by atoms with Crippen LogP contribution in [0.2, 0.25) is 0 Å². The molecule has 0 radical (unpaired) electrons. The van der Waals surface area contributed by atoms with Crippen LogP contribution in [0.5, 0.6) is 11.5 Å². The number of nitrogens with zero attached hydrogens (tertiary/aromatic N) is 1. The summed E-state index contributed by atoms with van der Waals surface area (Å²) in [5.74, 6) is 1.14. The van der Waals surface area contributed by atoms with Crippen molar-refractivity contribution in [3.8, 4) is 17.6 Å². The van der Waals surface area contributed by atoms with Gasteiger partial charge in [0.25, 0.3) is 0 Å². The van der Waals surface area contributed by atoms with Gasteiger partial charge in [0.2, 0.25) is 6.79 Å². The van der Waals surface area contributed by atoms with Gasteiger partial charge in [0, 0.05) is 0 Å². The van der Waals surface area contributed by atoms with E-state index in [1.807, 2.05) is 6.07 Å². The van der Waals surface area contributed by atoms with Crippen molar-refractivity contribution in [3.05, 3.63) is 59.2 Å². The Morgan fingerprint density at radius 3 is 2.61 bits per heavy atom. The van der Waals surface area contributed by atoms with E-state index < -0.39 is 11.7 Å². The second-order valence-corrected chi connectivity index (χ2v) is 4.86. The average molecular weight is 317 g/mol. The van der Waals surface area contributed by atoms with E-state index >= 15 is 0 Å². The fourth-order valence-electron chi connectivity index (χ4n) is 2.21. The second kappa shape index (κ2) is 5.69. The molecule has 0 aromatic heterocycles. The number of ether oxygens (including phenoxy) is 2. The number of hydrogen-bond donors (Lipinski definition) is 0. The molecule has 1 heterocycles. The van der Waals surface area contributed by atoms with Crippen molar-refractivity contribution < 1.29 is 22.6 Å². The maximum absolute atomic E-state index is 12.8. The Kier molecular flexibility index (Phi) is 3.70. The van der Waals surface area contributed by atoms with Gasteiger partial charge in [0.05, 0.1) is 17.2 Å². The maximum Gasteiger partial charge on any atom is 0.416 e. The third kappa shape index (κ3) is 3.14. The molecule has 0 N–H and O–H groups in total. The highest BCUT2D eigenvalue weighted by Crippen LogP contribution is 2.34. The molecule has 0 saturated carbocycles. The van der Waals surface area contributed by atoms with E-state index in [2.05, 4.69) is 0 Å². The van der Waals surface area contributed by atoms with E-state index in [4.69, 9.17) is 9.47 Å². The molecule has 0 unspecified atom stereocenters. The number of nitriles is 1. The smallest absolute Gasteiger partial charge is 0.416 e. The van der Waals surface area contributed by atoms with Crippen molar-refractivity contribution in [2.24, 2.45) is 0 Å². The molecule has 0 fully saturated rings. The topological polar surface area (TPSA) is 42.2 Å². The first-order valence-electron chi connectivity index (χ1n) is 6.66. The zero-order valence-corrected chi connectivity index (χ0v) is 11.7. The van der Waals surface area contributed by atoms with Crippen LogP contribution in [0.25, 0.3) is 11.6 Å². The van der Waals surface area contributed by atoms with E-state index in [0.29, 0.717) is 17.1 Å². The quantitative estimate of drug-likeness (QED) is 0.605. The molecule has 0 amide bonds. The number of alkyl halides is 3. The number of halogens is 3. The molecule has 0 spiro atoms. The first-order valence-corrected chi connectivity index (χ1v) is 6.66. The number of hydrogen-bond acceptors (Lipinski definition) is 3. The molecule has 0 bridgehead atoms. The van der Waals surface area contributed by atoms with Gasteiger partial charge in [0.15, 0.2) is 11.5 Å². The van der Waals surface area contributed by atoms with Gasteiger partial charge in [-0.2, -0.15) is 18.4 Å². The Labute approximate surface area is 130 Å². The van der Waals surface area contributed by atoms with Gasteiger partial charge in [-0.25, -0.2) is 0 Å². The van der Waals surface area contributed by atoms with E-state index in [1.54, 1.807) is 18.2 Å². The minimum absolute atomic E-state index is 0.126. The lowest BCUT2D eigenvalue weighted by atomic mass is 10.0. The lowest BCUT2D eigenvalue weighted by molar-refractivity contribution is -0.137. The van der Waals surface area contributed by atoms with Crippen molar-refractivity contribution in [3.63, 3.8) is 0 Å². The van der Waals surface area contributed by atoms with Crippen LogP contribution in [0.1, 0.15) is 16.7 Å². The van der Waals surface area contributed by atoms with Crippen molar-refractivity contribution >= 4 is 11.6 Å². The maximum atomic E-state index is 12.8. The zero-order valence-electron chi connectivity index (χ0n) is 11.7. The molecule has 3 nitrogen and oxygen atoms in total. The van der Waals surface area contributed by atoms with Gasteiger partial charge in [-0.3, -0.25) is 0 Å². The van der Waals surface area contributed by atoms with Crippen LogP contribution in [-0.2, 0) is 6.18 Å².